The molecule has 4 nitrogen and oxygen atoms in total. The van der Waals surface area contributed by atoms with Crippen LogP contribution in [0.2, 0.25) is 0 Å². The monoisotopic (exact) mass is 256 g/mol. The average molecular weight is 256 g/mol. The molecule has 0 aromatic carbocycles. The SMILES string of the molecule is COCCN(CC1CCCN1)C(COC)C1CC1. The maximum Gasteiger partial charge on any atom is 0.0620 e. The summed E-state index contributed by atoms with van der Waals surface area (Å²) in [6.45, 7) is 5.04. The third kappa shape index (κ3) is 4.19. The van der Waals surface area contributed by atoms with Gasteiger partial charge in [0.15, 0.2) is 0 Å². The molecule has 2 aliphatic rings. The third-order valence-corrected chi connectivity index (χ3v) is 4.17. The molecule has 0 aromatic rings. The van der Waals surface area contributed by atoms with Crippen LogP contribution in [0.25, 0.3) is 0 Å². The van der Waals surface area contributed by atoms with Crippen LogP contribution in [0.5, 0.6) is 0 Å². The van der Waals surface area contributed by atoms with E-state index in [9.17, 15) is 0 Å². The lowest BCUT2D eigenvalue weighted by atomic mass is 10.1. The Labute approximate surface area is 111 Å². The Morgan fingerprint density at radius 1 is 1.22 bits per heavy atom. The zero-order valence-corrected chi connectivity index (χ0v) is 11.9. The van der Waals surface area contributed by atoms with Gasteiger partial charge in [-0.05, 0) is 38.1 Å². The fraction of sp³-hybridized carbons (Fsp3) is 1.00. The van der Waals surface area contributed by atoms with E-state index in [0.717, 1.165) is 32.2 Å². The lowest BCUT2D eigenvalue weighted by Gasteiger charge is -2.33. The number of nitrogens with one attached hydrogen (secondary N) is 1. The molecule has 0 spiro atoms. The van der Waals surface area contributed by atoms with Gasteiger partial charge in [-0.3, -0.25) is 4.90 Å². The van der Waals surface area contributed by atoms with Gasteiger partial charge in [0.25, 0.3) is 0 Å². The van der Waals surface area contributed by atoms with Crippen molar-refractivity contribution in [1.29, 1.82) is 0 Å². The summed E-state index contributed by atoms with van der Waals surface area (Å²) in [6.07, 6.45) is 5.38. The highest BCUT2D eigenvalue weighted by Gasteiger charge is 2.36. The molecule has 0 bridgehead atoms. The standard InChI is InChI=1S/C14H28N2O2/c1-17-9-8-16(10-13-4-3-7-15-13)14(11-18-2)12-5-6-12/h12-15H,3-11H2,1-2H3. The topological polar surface area (TPSA) is 33.7 Å². The van der Waals surface area contributed by atoms with Crippen LogP contribution in [0.3, 0.4) is 0 Å². The van der Waals surface area contributed by atoms with Gasteiger partial charge in [-0.25, -0.2) is 0 Å². The lowest BCUT2D eigenvalue weighted by molar-refractivity contribution is 0.0523. The minimum absolute atomic E-state index is 0.590. The van der Waals surface area contributed by atoms with Gasteiger partial charge < -0.3 is 14.8 Å². The van der Waals surface area contributed by atoms with Crippen LogP contribution >= 0.6 is 0 Å². The molecule has 1 N–H and O–H groups in total. The van der Waals surface area contributed by atoms with E-state index in [1.54, 1.807) is 7.11 Å². The predicted molar refractivity (Wildman–Crippen MR) is 72.9 cm³/mol. The van der Waals surface area contributed by atoms with E-state index in [0.29, 0.717) is 12.1 Å². The predicted octanol–water partition coefficient (Wildman–Crippen LogP) is 1.11. The molecule has 2 rings (SSSR count). The number of hydrogen-bond acceptors (Lipinski definition) is 4. The summed E-state index contributed by atoms with van der Waals surface area (Å²) in [7, 11) is 3.60. The minimum Gasteiger partial charge on any atom is -0.383 e. The van der Waals surface area contributed by atoms with Crippen molar-refractivity contribution in [2.24, 2.45) is 5.92 Å². The molecule has 1 aliphatic heterocycles. The van der Waals surface area contributed by atoms with Crippen molar-refractivity contribution < 1.29 is 9.47 Å². The van der Waals surface area contributed by atoms with Crippen LogP contribution in [0.4, 0.5) is 0 Å². The first-order valence-corrected chi connectivity index (χ1v) is 7.30. The molecule has 4 heteroatoms. The highest BCUT2D eigenvalue weighted by atomic mass is 16.5. The van der Waals surface area contributed by atoms with Gasteiger partial charge in [0.1, 0.15) is 0 Å². The summed E-state index contributed by atoms with van der Waals surface area (Å²) in [5, 5.41) is 3.60. The van der Waals surface area contributed by atoms with Crippen LogP contribution < -0.4 is 5.32 Å². The Morgan fingerprint density at radius 2 is 2.06 bits per heavy atom. The molecular weight excluding hydrogens is 228 g/mol. The van der Waals surface area contributed by atoms with Gasteiger partial charge in [-0.15, -0.1) is 0 Å². The molecular formula is C14H28N2O2. The number of ether oxygens (including phenoxy) is 2. The van der Waals surface area contributed by atoms with E-state index in [1.807, 2.05) is 7.11 Å². The highest BCUT2D eigenvalue weighted by molar-refractivity contribution is 4.90. The van der Waals surface area contributed by atoms with Crippen molar-refractivity contribution in [3.05, 3.63) is 0 Å². The molecule has 1 saturated carbocycles. The Kier molecular flexibility index (Phi) is 5.89. The van der Waals surface area contributed by atoms with Crippen LogP contribution in [-0.2, 0) is 9.47 Å². The minimum atomic E-state index is 0.590. The van der Waals surface area contributed by atoms with E-state index in [-0.39, 0.29) is 0 Å². The third-order valence-electron chi connectivity index (χ3n) is 4.17. The molecule has 106 valence electrons. The highest BCUT2D eigenvalue weighted by Crippen LogP contribution is 2.35. The van der Waals surface area contributed by atoms with Gasteiger partial charge >= 0.3 is 0 Å². The number of rotatable bonds is 9. The Balaban J connectivity index is 1.87. The van der Waals surface area contributed by atoms with Crippen molar-refractivity contribution in [2.75, 3.05) is 47.1 Å². The molecule has 2 fully saturated rings. The van der Waals surface area contributed by atoms with E-state index in [4.69, 9.17) is 9.47 Å². The average Bonchev–Trinajstić information content (AvgIpc) is 3.09. The molecule has 1 aliphatic carbocycles. The van der Waals surface area contributed by atoms with Crippen LogP contribution in [-0.4, -0.2) is 64.1 Å². The molecule has 2 atom stereocenters. The van der Waals surface area contributed by atoms with E-state index in [1.165, 1.54) is 32.2 Å². The van der Waals surface area contributed by atoms with Crippen LogP contribution in [0.1, 0.15) is 25.7 Å². The fourth-order valence-corrected chi connectivity index (χ4v) is 2.99. The second-order valence-electron chi connectivity index (χ2n) is 5.64. The van der Waals surface area contributed by atoms with Crippen LogP contribution in [0, 0.1) is 5.92 Å². The number of methoxy groups -OCH3 is 2. The number of nitrogens with zero attached hydrogens (tertiary/aromatic N) is 1. The van der Waals surface area contributed by atoms with Gasteiger partial charge in [0.2, 0.25) is 0 Å². The second kappa shape index (κ2) is 7.43. The van der Waals surface area contributed by atoms with Gasteiger partial charge in [0.05, 0.1) is 13.2 Å². The van der Waals surface area contributed by atoms with Gasteiger partial charge in [0, 0.05) is 39.4 Å². The van der Waals surface area contributed by atoms with E-state index >= 15 is 0 Å². The Hall–Kier alpha value is -0.160. The smallest absolute Gasteiger partial charge is 0.0620 e. The van der Waals surface area contributed by atoms with Crippen molar-refractivity contribution >= 4 is 0 Å². The maximum atomic E-state index is 5.43. The van der Waals surface area contributed by atoms with E-state index in [2.05, 4.69) is 10.2 Å². The van der Waals surface area contributed by atoms with Crippen molar-refractivity contribution in [3.63, 3.8) is 0 Å². The molecule has 0 radical (unpaired) electrons. The number of hydrogen-bond donors (Lipinski definition) is 1. The zero-order valence-electron chi connectivity index (χ0n) is 11.9. The van der Waals surface area contributed by atoms with E-state index < -0.39 is 0 Å². The molecule has 0 aromatic heterocycles. The first-order valence-electron chi connectivity index (χ1n) is 7.30. The normalized spacial score (nSPS) is 25.8. The quantitative estimate of drug-likeness (QED) is 0.670. The summed E-state index contributed by atoms with van der Waals surface area (Å²) in [5.41, 5.74) is 0. The first kappa shape index (κ1) is 14.3. The fourth-order valence-electron chi connectivity index (χ4n) is 2.99. The molecule has 0 amide bonds. The van der Waals surface area contributed by atoms with Crippen molar-refractivity contribution in [2.45, 2.75) is 37.8 Å². The van der Waals surface area contributed by atoms with Gasteiger partial charge in [-0.2, -0.15) is 0 Å². The molecule has 1 saturated heterocycles. The maximum absolute atomic E-state index is 5.43. The molecule has 2 unspecified atom stereocenters. The van der Waals surface area contributed by atoms with Crippen molar-refractivity contribution in [1.82, 2.24) is 10.2 Å². The zero-order chi connectivity index (χ0) is 12.8. The largest absolute Gasteiger partial charge is 0.383 e. The lowest BCUT2D eigenvalue weighted by Crippen LogP contribution is -2.47. The second-order valence-corrected chi connectivity index (χ2v) is 5.64. The van der Waals surface area contributed by atoms with Crippen molar-refractivity contribution in [3.8, 4) is 0 Å². The Morgan fingerprint density at radius 3 is 2.61 bits per heavy atom. The summed E-state index contributed by atoms with van der Waals surface area (Å²) < 4.78 is 10.7. The molecule has 18 heavy (non-hydrogen) atoms. The first-order chi connectivity index (χ1) is 8.85. The van der Waals surface area contributed by atoms with Crippen LogP contribution in [0.15, 0.2) is 0 Å². The molecule has 1 heterocycles. The summed E-state index contributed by atoms with van der Waals surface area (Å²) in [6, 6.07) is 1.26. The van der Waals surface area contributed by atoms with Gasteiger partial charge in [-0.1, -0.05) is 0 Å². The summed E-state index contributed by atoms with van der Waals surface area (Å²) >= 11 is 0. The summed E-state index contributed by atoms with van der Waals surface area (Å²) in [5.74, 6) is 0.850. The Bertz CT molecular complexity index is 228. The summed E-state index contributed by atoms with van der Waals surface area (Å²) in [4.78, 5) is 2.59.